The number of hydrogen-bond acceptors (Lipinski definition) is 4. The Balaban J connectivity index is 1.09. The number of ether oxygens (including phenoxy) is 1. The lowest BCUT2D eigenvalue weighted by Crippen LogP contribution is -2.51. The van der Waals surface area contributed by atoms with E-state index in [0.717, 1.165) is 17.5 Å². The zero-order valence-corrected chi connectivity index (χ0v) is 19.2. The molecule has 3 N–H and O–H groups in total. The molecule has 2 aromatic carbocycles. The summed E-state index contributed by atoms with van der Waals surface area (Å²) in [5.74, 6) is -0.497. The van der Waals surface area contributed by atoms with Crippen LogP contribution < -0.4 is 10.6 Å². The van der Waals surface area contributed by atoms with Crippen LogP contribution in [0, 0.1) is 17.8 Å². The predicted octanol–water partition coefficient (Wildman–Crippen LogP) is 3.92. The van der Waals surface area contributed by atoms with Crippen LogP contribution >= 0.6 is 0 Å². The lowest BCUT2D eigenvalue weighted by molar-refractivity contribution is -0.141. The zero-order valence-electron chi connectivity index (χ0n) is 19.2. The van der Waals surface area contributed by atoms with E-state index < -0.39 is 12.1 Å². The van der Waals surface area contributed by atoms with Gasteiger partial charge in [-0.25, -0.2) is 4.79 Å². The number of nitrogens with one attached hydrogen (secondary N) is 2. The smallest absolute Gasteiger partial charge is 0.407 e. The molecule has 5 rings (SSSR count). The highest BCUT2D eigenvalue weighted by atomic mass is 16.5. The molecule has 2 aromatic rings. The maximum atomic E-state index is 12.5. The Morgan fingerprint density at radius 1 is 1.00 bits per heavy atom. The topological polar surface area (TPSA) is 105 Å². The molecule has 7 heteroatoms. The summed E-state index contributed by atoms with van der Waals surface area (Å²) in [6.45, 7) is 2.01. The Labute approximate surface area is 198 Å². The number of alkyl carbamates (subject to hydrolysis) is 1. The van der Waals surface area contributed by atoms with E-state index in [1.165, 1.54) is 11.1 Å². The van der Waals surface area contributed by atoms with Crippen molar-refractivity contribution in [3.63, 3.8) is 0 Å². The van der Waals surface area contributed by atoms with E-state index in [4.69, 9.17) is 4.74 Å². The molecule has 178 valence electrons. The van der Waals surface area contributed by atoms with Crippen molar-refractivity contribution in [1.29, 1.82) is 0 Å². The fraction of sp³-hybridized carbons (Fsp3) is 0.444. The highest BCUT2D eigenvalue weighted by Gasteiger charge is 2.49. The summed E-state index contributed by atoms with van der Waals surface area (Å²) in [6, 6.07) is 16.0. The van der Waals surface area contributed by atoms with Crippen molar-refractivity contribution in [1.82, 2.24) is 10.6 Å². The third kappa shape index (κ3) is 4.27. The first-order valence-electron chi connectivity index (χ1n) is 12.0. The van der Waals surface area contributed by atoms with E-state index in [1.807, 2.05) is 24.3 Å². The molecule has 0 heterocycles. The molecule has 34 heavy (non-hydrogen) atoms. The number of rotatable bonds is 7. The molecule has 2 saturated carbocycles. The fourth-order valence-corrected chi connectivity index (χ4v) is 6.03. The van der Waals surface area contributed by atoms with E-state index in [0.29, 0.717) is 18.8 Å². The van der Waals surface area contributed by atoms with E-state index in [-0.39, 0.29) is 48.8 Å². The van der Waals surface area contributed by atoms with Crippen LogP contribution in [-0.2, 0) is 14.3 Å². The van der Waals surface area contributed by atoms with Crippen molar-refractivity contribution in [3.05, 3.63) is 59.7 Å². The first-order chi connectivity index (χ1) is 16.4. The quantitative estimate of drug-likeness (QED) is 0.579. The van der Waals surface area contributed by atoms with Crippen LogP contribution in [0.15, 0.2) is 48.5 Å². The number of hydrogen-bond donors (Lipinski definition) is 3. The number of carbonyl (C=O) groups is 3. The minimum atomic E-state index is -0.736. The van der Waals surface area contributed by atoms with Crippen LogP contribution in [0.5, 0.6) is 0 Å². The molecule has 0 radical (unpaired) electrons. The molecule has 2 amide bonds. The Hall–Kier alpha value is -3.35. The SMILES string of the molecule is C[C@@H](CC(=O)N[C@@H]1C[C@@H]2CC(C(=O)O)C[C@@H]21)NC(=O)OCC1c2ccccc2-c2ccccc21. The van der Waals surface area contributed by atoms with E-state index in [1.54, 1.807) is 6.92 Å². The van der Waals surface area contributed by atoms with Crippen LogP contribution in [0.3, 0.4) is 0 Å². The van der Waals surface area contributed by atoms with Gasteiger partial charge in [0.05, 0.1) is 5.92 Å². The number of carboxylic acid groups (broad SMARTS) is 1. The average molecular weight is 463 g/mol. The molecule has 7 nitrogen and oxygen atoms in total. The number of fused-ring (bicyclic) bond motifs is 4. The van der Waals surface area contributed by atoms with Crippen LogP contribution in [0.1, 0.15) is 49.7 Å². The third-order valence-corrected chi connectivity index (χ3v) is 7.72. The molecule has 0 aliphatic heterocycles. The summed E-state index contributed by atoms with van der Waals surface area (Å²) < 4.78 is 5.56. The van der Waals surface area contributed by atoms with Gasteiger partial charge in [-0.3, -0.25) is 9.59 Å². The fourth-order valence-electron chi connectivity index (χ4n) is 6.03. The van der Waals surface area contributed by atoms with Gasteiger partial charge in [0.1, 0.15) is 6.61 Å². The van der Waals surface area contributed by atoms with Gasteiger partial charge in [-0.2, -0.15) is 0 Å². The summed E-state index contributed by atoms with van der Waals surface area (Å²) in [5.41, 5.74) is 4.65. The molecule has 0 aromatic heterocycles. The maximum absolute atomic E-state index is 12.5. The first-order valence-corrected chi connectivity index (χ1v) is 12.0. The lowest BCUT2D eigenvalue weighted by Gasteiger charge is -2.41. The lowest BCUT2D eigenvalue weighted by atomic mass is 9.71. The number of carboxylic acids is 1. The molecule has 0 bridgehead atoms. The van der Waals surface area contributed by atoms with Gasteiger partial charge in [0.15, 0.2) is 0 Å². The van der Waals surface area contributed by atoms with E-state index in [2.05, 4.69) is 34.9 Å². The molecule has 0 saturated heterocycles. The minimum absolute atomic E-state index is 0.00985. The van der Waals surface area contributed by atoms with Gasteiger partial charge in [0, 0.05) is 24.4 Å². The Morgan fingerprint density at radius 2 is 1.65 bits per heavy atom. The summed E-state index contributed by atoms with van der Waals surface area (Å²) in [6.07, 6.45) is 1.81. The Bertz CT molecular complexity index is 1070. The molecular weight excluding hydrogens is 432 g/mol. The molecule has 0 spiro atoms. The van der Waals surface area contributed by atoms with Gasteiger partial charge in [0.2, 0.25) is 5.91 Å². The van der Waals surface area contributed by atoms with Gasteiger partial charge < -0.3 is 20.5 Å². The number of amides is 2. The standard InChI is InChI=1S/C27H30N2O5/c1-15(10-25(30)29-24-13-16-11-17(26(31)32)12-22(16)24)28-27(33)34-14-23-20-8-4-2-6-18(20)19-7-3-5-9-21(19)23/h2-9,15-17,22-24H,10-14H2,1H3,(H,28,33)(H,29,30)(H,31,32)/t15-,16-,17?,22-,24+/m0/s1. The third-order valence-electron chi connectivity index (χ3n) is 7.72. The molecule has 3 aliphatic carbocycles. The van der Waals surface area contributed by atoms with Crippen LogP contribution in [0.2, 0.25) is 0 Å². The van der Waals surface area contributed by atoms with Crippen molar-refractivity contribution < 1.29 is 24.2 Å². The molecule has 1 unspecified atom stereocenters. The molecule has 3 aliphatic rings. The maximum Gasteiger partial charge on any atom is 0.407 e. The highest BCUT2D eigenvalue weighted by Crippen LogP contribution is 2.49. The van der Waals surface area contributed by atoms with Crippen molar-refractivity contribution in [3.8, 4) is 11.1 Å². The van der Waals surface area contributed by atoms with Crippen LogP contribution in [-0.4, -0.2) is 41.8 Å². The monoisotopic (exact) mass is 462 g/mol. The van der Waals surface area contributed by atoms with Crippen molar-refractivity contribution >= 4 is 18.0 Å². The van der Waals surface area contributed by atoms with E-state index in [9.17, 15) is 19.5 Å². The van der Waals surface area contributed by atoms with Gasteiger partial charge >= 0.3 is 12.1 Å². The number of carbonyl (C=O) groups excluding carboxylic acids is 2. The van der Waals surface area contributed by atoms with E-state index >= 15 is 0 Å². The Kier molecular flexibility index (Phi) is 6.02. The second kappa shape index (κ2) is 9.12. The zero-order chi connectivity index (χ0) is 23.8. The minimum Gasteiger partial charge on any atom is -0.481 e. The summed E-state index contributed by atoms with van der Waals surface area (Å²) in [4.78, 5) is 36.1. The van der Waals surface area contributed by atoms with Crippen molar-refractivity contribution in [2.45, 2.75) is 50.6 Å². The number of benzene rings is 2. The summed E-state index contributed by atoms with van der Waals surface area (Å²) >= 11 is 0. The normalized spacial score (nSPS) is 25.3. The highest BCUT2D eigenvalue weighted by molar-refractivity contribution is 5.80. The van der Waals surface area contributed by atoms with Gasteiger partial charge in [0.25, 0.3) is 0 Å². The second-order valence-corrected chi connectivity index (χ2v) is 9.92. The number of aliphatic carboxylic acids is 1. The van der Waals surface area contributed by atoms with Crippen molar-refractivity contribution in [2.24, 2.45) is 17.8 Å². The largest absolute Gasteiger partial charge is 0.481 e. The van der Waals surface area contributed by atoms with Gasteiger partial charge in [-0.15, -0.1) is 0 Å². The first kappa shape index (κ1) is 22.4. The van der Waals surface area contributed by atoms with Crippen LogP contribution in [0.25, 0.3) is 11.1 Å². The van der Waals surface area contributed by atoms with Crippen molar-refractivity contribution in [2.75, 3.05) is 6.61 Å². The summed E-state index contributed by atoms with van der Waals surface area (Å²) in [7, 11) is 0. The van der Waals surface area contributed by atoms with Crippen LogP contribution in [0.4, 0.5) is 4.79 Å². The molecular formula is C27H30N2O5. The predicted molar refractivity (Wildman–Crippen MR) is 126 cm³/mol. The Morgan fingerprint density at radius 3 is 2.29 bits per heavy atom. The summed E-state index contributed by atoms with van der Waals surface area (Å²) in [5, 5.41) is 15.0. The molecule has 5 atom stereocenters. The van der Waals surface area contributed by atoms with Gasteiger partial charge in [-0.05, 0) is 60.3 Å². The molecule has 2 fully saturated rings. The average Bonchev–Trinajstić information content (AvgIpc) is 3.31. The van der Waals surface area contributed by atoms with Gasteiger partial charge in [-0.1, -0.05) is 48.5 Å². The second-order valence-electron chi connectivity index (χ2n) is 9.92.